The molecule has 0 heterocycles. The summed E-state index contributed by atoms with van der Waals surface area (Å²) in [4.78, 5) is 0. The lowest BCUT2D eigenvalue weighted by atomic mass is 10.0. The van der Waals surface area contributed by atoms with Gasteiger partial charge in [-0.15, -0.1) is 0 Å². The van der Waals surface area contributed by atoms with Crippen LogP contribution >= 0.6 is 0 Å². The van der Waals surface area contributed by atoms with E-state index in [0.29, 0.717) is 18.3 Å². The summed E-state index contributed by atoms with van der Waals surface area (Å²) in [6.45, 7) is 5.00. The molecule has 0 aliphatic rings. The van der Waals surface area contributed by atoms with Gasteiger partial charge in [-0.05, 0) is 37.5 Å². The van der Waals surface area contributed by atoms with Crippen LogP contribution in [0.4, 0.5) is 8.78 Å². The van der Waals surface area contributed by atoms with Crippen molar-refractivity contribution in [3.8, 4) is 0 Å². The molecule has 0 N–H and O–H groups in total. The molecule has 2 heteroatoms. The van der Waals surface area contributed by atoms with Gasteiger partial charge in [0.2, 0.25) is 0 Å². The zero-order valence-electron chi connectivity index (χ0n) is 7.70. The maximum atomic E-state index is 12.7. The van der Waals surface area contributed by atoms with Gasteiger partial charge in [-0.25, -0.2) is 8.78 Å². The Bertz CT molecular complexity index is 218. The van der Waals surface area contributed by atoms with Crippen molar-refractivity contribution in [1.29, 1.82) is 0 Å². The first kappa shape index (κ1) is 11.1. The Morgan fingerprint density at radius 2 is 1.92 bits per heavy atom. The highest BCUT2D eigenvalue weighted by Crippen LogP contribution is 2.17. The Hall–Kier alpha value is -0.920. The minimum Gasteiger partial charge on any atom is -0.216 e. The standard InChI is InChI=1S/C10H14F2/c1-4-10(6-5-7-11)8(2)9(3)12/h5-7H,4H2,1-3H3/b7-5+,9-8+,10-6-. The van der Waals surface area contributed by atoms with E-state index in [1.54, 1.807) is 13.0 Å². The molecule has 0 radical (unpaired) electrons. The number of rotatable bonds is 3. The lowest BCUT2D eigenvalue weighted by Gasteiger charge is -2.03. The molecule has 0 aromatic rings. The highest BCUT2D eigenvalue weighted by atomic mass is 19.1. The number of hydrogen-bond acceptors (Lipinski definition) is 0. The Morgan fingerprint density at radius 3 is 2.25 bits per heavy atom. The summed E-state index contributed by atoms with van der Waals surface area (Å²) in [5, 5.41) is 0. The van der Waals surface area contributed by atoms with Gasteiger partial charge in [0.1, 0.15) is 0 Å². The first-order valence-corrected chi connectivity index (χ1v) is 3.92. The molecule has 0 atom stereocenters. The van der Waals surface area contributed by atoms with Gasteiger partial charge in [-0.3, -0.25) is 0 Å². The average molecular weight is 172 g/mol. The van der Waals surface area contributed by atoms with Gasteiger partial charge in [-0.2, -0.15) is 0 Å². The molecule has 0 rings (SSSR count). The van der Waals surface area contributed by atoms with E-state index in [4.69, 9.17) is 0 Å². The van der Waals surface area contributed by atoms with E-state index in [-0.39, 0.29) is 5.83 Å². The molecule has 0 unspecified atom stereocenters. The highest BCUT2D eigenvalue weighted by Gasteiger charge is 1.99. The van der Waals surface area contributed by atoms with Gasteiger partial charge in [0.05, 0.1) is 12.2 Å². The topological polar surface area (TPSA) is 0 Å². The molecule has 0 aromatic carbocycles. The Morgan fingerprint density at radius 1 is 1.33 bits per heavy atom. The van der Waals surface area contributed by atoms with Crippen LogP contribution in [0.25, 0.3) is 0 Å². The van der Waals surface area contributed by atoms with Crippen LogP contribution in [0, 0.1) is 0 Å². The number of hydrogen-bond donors (Lipinski definition) is 0. The van der Waals surface area contributed by atoms with Gasteiger partial charge >= 0.3 is 0 Å². The number of halogens is 2. The third-order valence-corrected chi connectivity index (χ3v) is 1.75. The quantitative estimate of drug-likeness (QED) is 0.563. The third-order valence-electron chi connectivity index (χ3n) is 1.75. The Labute approximate surface area is 72.3 Å². The van der Waals surface area contributed by atoms with Gasteiger partial charge in [0.15, 0.2) is 0 Å². The highest BCUT2D eigenvalue weighted by molar-refractivity contribution is 5.33. The van der Waals surface area contributed by atoms with E-state index < -0.39 is 0 Å². The predicted molar refractivity (Wildman–Crippen MR) is 48.1 cm³/mol. The van der Waals surface area contributed by atoms with Crippen LogP contribution in [-0.4, -0.2) is 0 Å². The summed E-state index contributed by atoms with van der Waals surface area (Å²) in [5.74, 6) is -0.213. The molecular weight excluding hydrogens is 158 g/mol. The smallest absolute Gasteiger partial charge is 0.1000 e. The number of allylic oxidation sites excluding steroid dienone is 5. The van der Waals surface area contributed by atoms with Crippen LogP contribution in [0.2, 0.25) is 0 Å². The van der Waals surface area contributed by atoms with Gasteiger partial charge in [0.25, 0.3) is 0 Å². The zero-order chi connectivity index (χ0) is 9.56. The second-order valence-corrected chi connectivity index (χ2v) is 2.52. The van der Waals surface area contributed by atoms with Crippen molar-refractivity contribution in [3.05, 3.63) is 35.5 Å². The van der Waals surface area contributed by atoms with E-state index >= 15 is 0 Å². The Balaban J connectivity index is 4.68. The molecule has 0 aliphatic heterocycles. The summed E-state index contributed by atoms with van der Waals surface area (Å²) >= 11 is 0. The van der Waals surface area contributed by atoms with Crippen molar-refractivity contribution < 1.29 is 8.78 Å². The molecule has 0 nitrogen and oxygen atoms in total. The summed E-state index contributed by atoms with van der Waals surface area (Å²) < 4.78 is 24.3. The average Bonchev–Trinajstić information content (AvgIpc) is 2.05. The second kappa shape index (κ2) is 5.70. The fourth-order valence-electron chi connectivity index (χ4n) is 0.882. The van der Waals surface area contributed by atoms with E-state index in [1.165, 1.54) is 13.0 Å². The van der Waals surface area contributed by atoms with Crippen molar-refractivity contribution in [3.63, 3.8) is 0 Å². The normalized spacial score (nSPS) is 15.2. The lowest BCUT2D eigenvalue weighted by molar-refractivity contribution is 0.628. The van der Waals surface area contributed by atoms with Crippen molar-refractivity contribution in [2.24, 2.45) is 0 Å². The molecule has 0 aliphatic carbocycles. The van der Waals surface area contributed by atoms with Crippen molar-refractivity contribution in [2.45, 2.75) is 27.2 Å². The van der Waals surface area contributed by atoms with Crippen LogP contribution in [-0.2, 0) is 0 Å². The van der Waals surface area contributed by atoms with Crippen molar-refractivity contribution >= 4 is 0 Å². The Kier molecular flexibility index (Phi) is 5.26. The molecule has 0 amide bonds. The fraction of sp³-hybridized carbons (Fsp3) is 0.400. The summed E-state index contributed by atoms with van der Waals surface area (Å²) in [6, 6.07) is 0. The summed E-state index contributed by atoms with van der Waals surface area (Å²) in [7, 11) is 0. The van der Waals surface area contributed by atoms with Gasteiger partial charge < -0.3 is 0 Å². The van der Waals surface area contributed by atoms with Crippen LogP contribution < -0.4 is 0 Å². The largest absolute Gasteiger partial charge is 0.216 e. The summed E-state index contributed by atoms with van der Waals surface area (Å²) in [5.41, 5.74) is 1.42. The van der Waals surface area contributed by atoms with Crippen molar-refractivity contribution in [2.75, 3.05) is 0 Å². The van der Waals surface area contributed by atoms with E-state index in [1.807, 2.05) is 6.92 Å². The lowest BCUT2D eigenvalue weighted by Crippen LogP contribution is -1.85. The minimum absolute atomic E-state index is 0.213. The minimum atomic E-state index is -0.213. The summed E-state index contributed by atoms with van der Waals surface area (Å²) in [6.07, 6.45) is 4.00. The van der Waals surface area contributed by atoms with Crippen LogP contribution in [0.15, 0.2) is 35.5 Å². The molecule has 12 heavy (non-hydrogen) atoms. The molecule has 0 bridgehead atoms. The monoisotopic (exact) mass is 172 g/mol. The van der Waals surface area contributed by atoms with Gasteiger partial charge in [0, 0.05) is 0 Å². The molecule has 0 fully saturated rings. The maximum Gasteiger partial charge on any atom is 0.1000 e. The SMILES string of the molecule is CCC(=C/C=C/F)/C(C)=C(\C)F. The molecular formula is C10H14F2. The van der Waals surface area contributed by atoms with Gasteiger partial charge in [-0.1, -0.05) is 13.0 Å². The molecule has 68 valence electrons. The molecule has 0 saturated carbocycles. The van der Waals surface area contributed by atoms with E-state index in [9.17, 15) is 8.78 Å². The fourth-order valence-corrected chi connectivity index (χ4v) is 0.882. The van der Waals surface area contributed by atoms with Crippen LogP contribution in [0.3, 0.4) is 0 Å². The van der Waals surface area contributed by atoms with E-state index in [0.717, 1.165) is 5.57 Å². The maximum absolute atomic E-state index is 12.7. The first-order valence-electron chi connectivity index (χ1n) is 3.92. The van der Waals surface area contributed by atoms with Crippen molar-refractivity contribution in [1.82, 2.24) is 0 Å². The molecule has 0 spiro atoms. The van der Waals surface area contributed by atoms with E-state index in [2.05, 4.69) is 0 Å². The van der Waals surface area contributed by atoms with Crippen LogP contribution in [0.5, 0.6) is 0 Å². The molecule has 0 aromatic heterocycles. The predicted octanol–water partition coefficient (Wildman–Crippen LogP) is 4.07. The second-order valence-electron chi connectivity index (χ2n) is 2.52. The first-order chi connectivity index (χ1) is 5.63. The zero-order valence-corrected chi connectivity index (χ0v) is 7.70. The molecule has 0 saturated heterocycles. The van der Waals surface area contributed by atoms with Crippen LogP contribution in [0.1, 0.15) is 27.2 Å². The third kappa shape index (κ3) is 3.46.